The molecule has 0 N–H and O–H groups in total. The number of rotatable bonds is 13. The molecule has 7 atom stereocenters. The molecule has 1 saturated heterocycles. The fourth-order valence-corrected chi connectivity index (χ4v) is 7.12. The third-order valence-electron chi connectivity index (χ3n) is 10.7. The van der Waals surface area contributed by atoms with Gasteiger partial charge in [0.15, 0.2) is 0 Å². The van der Waals surface area contributed by atoms with Gasteiger partial charge in [0.2, 0.25) is 0 Å². The van der Waals surface area contributed by atoms with E-state index in [1.807, 2.05) is 60.6 Å². The van der Waals surface area contributed by atoms with Crippen molar-refractivity contribution in [3.05, 3.63) is 53.1 Å². The molecular formula is C40H58O7. The quantitative estimate of drug-likeness (QED) is 0.120. The average Bonchev–Trinajstić information content (AvgIpc) is 3.00. The maximum absolute atomic E-state index is 13.3. The van der Waals surface area contributed by atoms with Crippen molar-refractivity contribution in [2.24, 2.45) is 34.5 Å². The van der Waals surface area contributed by atoms with Gasteiger partial charge in [-0.2, -0.15) is 0 Å². The van der Waals surface area contributed by atoms with Gasteiger partial charge >= 0.3 is 17.9 Å². The second-order valence-corrected chi connectivity index (χ2v) is 15.7. The van der Waals surface area contributed by atoms with Crippen molar-refractivity contribution in [1.29, 1.82) is 0 Å². The maximum atomic E-state index is 13.3. The van der Waals surface area contributed by atoms with Gasteiger partial charge in [-0.3, -0.25) is 14.4 Å². The summed E-state index contributed by atoms with van der Waals surface area (Å²) in [6.07, 6.45) is 10.7. The van der Waals surface area contributed by atoms with Crippen molar-refractivity contribution in [3.63, 3.8) is 0 Å². The van der Waals surface area contributed by atoms with Crippen molar-refractivity contribution >= 4 is 17.9 Å². The van der Waals surface area contributed by atoms with Gasteiger partial charge in [0.25, 0.3) is 0 Å². The van der Waals surface area contributed by atoms with Crippen molar-refractivity contribution in [2.75, 3.05) is 6.61 Å². The first-order valence-electron chi connectivity index (χ1n) is 17.8. The first kappa shape index (κ1) is 36.7. The summed E-state index contributed by atoms with van der Waals surface area (Å²) in [7, 11) is 0. The van der Waals surface area contributed by atoms with Gasteiger partial charge < -0.3 is 18.9 Å². The van der Waals surface area contributed by atoms with Crippen molar-refractivity contribution in [1.82, 2.24) is 0 Å². The van der Waals surface area contributed by atoms with E-state index in [1.54, 1.807) is 0 Å². The van der Waals surface area contributed by atoms with Crippen molar-refractivity contribution in [3.8, 4) is 5.75 Å². The van der Waals surface area contributed by atoms with E-state index in [0.29, 0.717) is 44.1 Å². The number of aryl methyl sites for hydroxylation is 2. The third-order valence-corrected chi connectivity index (χ3v) is 10.7. The van der Waals surface area contributed by atoms with E-state index in [9.17, 15) is 14.4 Å². The predicted octanol–water partition coefficient (Wildman–Crippen LogP) is 8.64. The molecule has 1 fully saturated rings. The van der Waals surface area contributed by atoms with E-state index in [2.05, 4.69) is 38.1 Å². The van der Waals surface area contributed by atoms with Crippen molar-refractivity contribution < 1.29 is 33.3 Å². The van der Waals surface area contributed by atoms with Crippen LogP contribution in [0.2, 0.25) is 0 Å². The summed E-state index contributed by atoms with van der Waals surface area (Å²) in [5.41, 5.74) is 2.25. The number of benzene rings is 1. The summed E-state index contributed by atoms with van der Waals surface area (Å²) in [4.78, 5) is 39.1. The first-order valence-corrected chi connectivity index (χ1v) is 17.8. The SMILES string of the molecule is CCC(C)(C)C(=O)O[C@@H]1C[C@H](C)C=C2C=C[C@@H](C)[C@@H](CC[C@@H]3C[C@H](OC(=O)C(C)(C)CCCOc4cc(C)ccc4C)CC(=O)O3)[C@@H]21. The molecule has 0 bridgehead atoms. The van der Waals surface area contributed by atoms with E-state index in [0.717, 1.165) is 36.1 Å². The number of fused-ring (bicyclic) bond motifs is 1. The Morgan fingerprint density at radius 3 is 2.43 bits per heavy atom. The summed E-state index contributed by atoms with van der Waals surface area (Å²) in [6, 6.07) is 6.15. The summed E-state index contributed by atoms with van der Waals surface area (Å²) < 4.78 is 24.0. The first-order chi connectivity index (χ1) is 22.1. The molecule has 0 unspecified atom stereocenters. The van der Waals surface area contributed by atoms with Crippen LogP contribution in [0.5, 0.6) is 5.75 Å². The molecule has 4 rings (SSSR count). The van der Waals surface area contributed by atoms with Crippen molar-refractivity contribution in [2.45, 2.75) is 132 Å². The van der Waals surface area contributed by atoms with E-state index in [-0.39, 0.29) is 48.4 Å². The van der Waals surface area contributed by atoms with Crippen LogP contribution < -0.4 is 4.74 Å². The number of carbonyl (C=O) groups excluding carboxylic acids is 3. The maximum Gasteiger partial charge on any atom is 0.311 e. The van der Waals surface area contributed by atoms with Crippen LogP contribution in [0.15, 0.2) is 42.0 Å². The monoisotopic (exact) mass is 650 g/mol. The molecule has 7 nitrogen and oxygen atoms in total. The highest BCUT2D eigenvalue weighted by atomic mass is 16.6. The van der Waals surface area contributed by atoms with Gasteiger partial charge in [-0.05, 0) is 121 Å². The number of ether oxygens (including phenoxy) is 4. The number of cyclic esters (lactones) is 1. The summed E-state index contributed by atoms with van der Waals surface area (Å²) >= 11 is 0. The lowest BCUT2D eigenvalue weighted by atomic mass is 9.65. The zero-order valence-corrected chi connectivity index (χ0v) is 30.2. The molecule has 1 heterocycles. The number of hydrogen-bond acceptors (Lipinski definition) is 7. The molecule has 47 heavy (non-hydrogen) atoms. The Hall–Kier alpha value is -3.09. The zero-order chi connectivity index (χ0) is 34.5. The molecule has 0 aromatic heterocycles. The molecule has 3 aliphatic rings. The Morgan fingerprint density at radius 1 is 0.979 bits per heavy atom. The number of allylic oxidation sites excluding steroid dienone is 3. The van der Waals surface area contributed by atoms with Crippen LogP contribution in [0.1, 0.15) is 111 Å². The highest BCUT2D eigenvalue weighted by Crippen LogP contribution is 2.46. The van der Waals surface area contributed by atoms with Crippen LogP contribution in [0.4, 0.5) is 0 Å². The van der Waals surface area contributed by atoms with E-state index in [4.69, 9.17) is 18.9 Å². The molecular weight excluding hydrogens is 592 g/mol. The Balaban J connectivity index is 1.33. The van der Waals surface area contributed by atoms with Gasteiger partial charge in [0, 0.05) is 12.3 Å². The van der Waals surface area contributed by atoms with Gasteiger partial charge in [-0.1, -0.05) is 51.1 Å². The minimum Gasteiger partial charge on any atom is -0.493 e. The fraction of sp³-hybridized carbons (Fsp3) is 0.675. The Kier molecular flexibility index (Phi) is 12.1. The van der Waals surface area contributed by atoms with Gasteiger partial charge in [-0.15, -0.1) is 0 Å². The summed E-state index contributed by atoms with van der Waals surface area (Å²) in [6.45, 7) is 18.7. The summed E-state index contributed by atoms with van der Waals surface area (Å²) in [5.74, 6) is 1.09. The molecule has 1 aliphatic heterocycles. The predicted molar refractivity (Wildman–Crippen MR) is 184 cm³/mol. The smallest absolute Gasteiger partial charge is 0.311 e. The zero-order valence-electron chi connectivity index (χ0n) is 30.2. The van der Waals surface area contributed by atoms with Crippen LogP contribution in [0.25, 0.3) is 0 Å². The minimum atomic E-state index is -0.703. The van der Waals surface area contributed by atoms with Crippen LogP contribution >= 0.6 is 0 Å². The topological polar surface area (TPSA) is 88.1 Å². The molecule has 7 heteroatoms. The van der Waals surface area contributed by atoms with Crippen LogP contribution in [0, 0.1) is 48.3 Å². The highest BCUT2D eigenvalue weighted by molar-refractivity contribution is 5.77. The van der Waals surface area contributed by atoms with E-state index >= 15 is 0 Å². The molecule has 0 amide bonds. The number of carbonyl (C=O) groups is 3. The normalized spacial score (nSPS) is 27.7. The second kappa shape index (κ2) is 15.4. The van der Waals surface area contributed by atoms with E-state index < -0.39 is 16.9 Å². The molecule has 0 spiro atoms. The largest absolute Gasteiger partial charge is 0.493 e. The molecule has 260 valence electrons. The molecule has 1 aromatic carbocycles. The Morgan fingerprint density at radius 2 is 1.70 bits per heavy atom. The summed E-state index contributed by atoms with van der Waals surface area (Å²) in [5, 5.41) is 0. The number of esters is 3. The lowest BCUT2D eigenvalue weighted by Gasteiger charge is -2.44. The van der Waals surface area contributed by atoms with E-state index in [1.165, 1.54) is 5.57 Å². The molecule has 0 radical (unpaired) electrons. The van der Waals surface area contributed by atoms with Crippen LogP contribution in [0.3, 0.4) is 0 Å². The lowest BCUT2D eigenvalue weighted by Crippen LogP contribution is -2.43. The Bertz CT molecular complexity index is 1340. The van der Waals surface area contributed by atoms with Gasteiger partial charge in [-0.25, -0.2) is 0 Å². The lowest BCUT2D eigenvalue weighted by molar-refractivity contribution is -0.175. The van der Waals surface area contributed by atoms with Crippen LogP contribution in [-0.4, -0.2) is 42.8 Å². The third kappa shape index (κ3) is 9.51. The van der Waals surface area contributed by atoms with Gasteiger partial charge in [0.1, 0.15) is 24.1 Å². The average molecular weight is 651 g/mol. The standard InChI is InChI=1S/C40H58O7/c1-10-39(6,7)37(42)47-34-22-26(3)20-29-15-14-27(4)32(36(29)34)17-16-30-23-31(24-35(41)45-30)46-38(43)40(8,9)18-11-19-44-33-21-25(2)12-13-28(33)5/h12-15,20-21,26-27,30-32,34,36H,10-11,16-19,22-24H2,1-9H3/t26-,27-,30-,31+,32-,34-,36-/m1/s1. The van der Waals surface area contributed by atoms with Crippen LogP contribution in [-0.2, 0) is 28.6 Å². The Labute approximate surface area is 282 Å². The second-order valence-electron chi connectivity index (χ2n) is 15.7. The van der Waals surface area contributed by atoms with Gasteiger partial charge in [0.05, 0.1) is 23.9 Å². The minimum absolute atomic E-state index is 0.0786. The highest BCUT2D eigenvalue weighted by Gasteiger charge is 2.44. The number of hydrogen-bond donors (Lipinski definition) is 0. The molecule has 2 aliphatic carbocycles. The molecule has 0 saturated carbocycles. The fourth-order valence-electron chi connectivity index (χ4n) is 7.12. The molecule has 1 aromatic rings.